The van der Waals surface area contributed by atoms with E-state index in [2.05, 4.69) is 9.97 Å². The zero-order chi connectivity index (χ0) is 19.3. The van der Waals surface area contributed by atoms with Gasteiger partial charge in [-0.15, -0.1) is 0 Å². The first-order chi connectivity index (χ1) is 11.5. The molecular formula is C14H23N3O7S. The van der Waals surface area contributed by atoms with Crippen LogP contribution in [-0.2, 0) is 19.6 Å². The van der Waals surface area contributed by atoms with Crippen LogP contribution in [0.1, 0.15) is 20.8 Å². The van der Waals surface area contributed by atoms with E-state index in [-0.39, 0.29) is 24.4 Å². The summed E-state index contributed by atoms with van der Waals surface area (Å²) in [6.45, 7) is 5.18. The lowest BCUT2D eigenvalue weighted by Crippen LogP contribution is -2.54. The molecule has 1 aromatic rings. The Morgan fingerprint density at radius 1 is 1.24 bits per heavy atom. The average Bonchev–Trinajstić information content (AvgIpc) is 2.50. The molecule has 0 aliphatic carbocycles. The maximum absolute atomic E-state index is 12.4. The largest absolute Gasteiger partial charge is 0.481 e. The SMILES string of the molecule is CCOC(C)(C)C(Oc1nc(OC)cc(OC)n1)C(=O)NS(C)(=O)=O. The van der Waals surface area contributed by atoms with Gasteiger partial charge in [-0.1, -0.05) is 0 Å². The molecule has 1 N–H and O–H groups in total. The highest BCUT2D eigenvalue weighted by atomic mass is 32.2. The Kier molecular flexibility index (Phi) is 6.94. The Bertz CT molecular complexity index is 684. The number of nitrogens with one attached hydrogen (secondary N) is 1. The van der Waals surface area contributed by atoms with Crippen LogP contribution in [0.4, 0.5) is 0 Å². The van der Waals surface area contributed by atoms with E-state index in [1.807, 2.05) is 4.72 Å². The van der Waals surface area contributed by atoms with Gasteiger partial charge in [-0.25, -0.2) is 13.1 Å². The molecule has 1 unspecified atom stereocenters. The van der Waals surface area contributed by atoms with E-state index in [4.69, 9.17) is 18.9 Å². The molecule has 0 aromatic carbocycles. The maximum atomic E-state index is 12.4. The molecular weight excluding hydrogens is 354 g/mol. The fourth-order valence-electron chi connectivity index (χ4n) is 1.95. The summed E-state index contributed by atoms with van der Waals surface area (Å²) in [5, 5.41) is 0. The minimum absolute atomic E-state index is 0.151. The molecule has 1 atom stereocenters. The van der Waals surface area contributed by atoms with Crippen LogP contribution in [0.5, 0.6) is 17.8 Å². The smallest absolute Gasteiger partial charge is 0.323 e. The van der Waals surface area contributed by atoms with Gasteiger partial charge in [-0.3, -0.25) is 4.79 Å². The zero-order valence-corrected chi connectivity index (χ0v) is 15.8. The van der Waals surface area contributed by atoms with Crippen molar-refractivity contribution in [3.63, 3.8) is 0 Å². The van der Waals surface area contributed by atoms with Crippen molar-refractivity contribution in [3.8, 4) is 17.8 Å². The van der Waals surface area contributed by atoms with Gasteiger partial charge in [0.1, 0.15) is 5.60 Å². The molecule has 142 valence electrons. The standard InChI is InChI=1S/C14H23N3O7S/c1-7-23-14(2,3)11(12(18)17-25(6,19)20)24-13-15-9(21-4)8-10(16-13)22-5/h8,11H,7H2,1-6H3,(H,17,18). The third kappa shape index (κ3) is 6.35. The van der Waals surface area contributed by atoms with Crippen molar-refractivity contribution in [2.75, 3.05) is 27.1 Å². The number of methoxy groups -OCH3 is 2. The van der Waals surface area contributed by atoms with Gasteiger partial charge in [0.25, 0.3) is 5.91 Å². The van der Waals surface area contributed by atoms with Crippen LogP contribution in [0, 0.1) is 0 Å². The monoisotopic (exact) mass is 377 g/mol. The van der Waals surface area contributed by atoms with Crippen molar-refractivity contribution in [2.24, 2.45) is 0 Å². The molecule has 0 radical (unpaired) electrons. The number of nitrogens with zero attached hydrogens (tertiary/aromatic N) is 2. The number of aromatic nitrogens is 2. The maximum Gasteiger partial charge on any atom is 0.323 e. The third-order valence-electron chi connectivity index (χ3n) is 2.97. The third-order valence-corrected chi connectivity index (χ3v) is 3.54. The molecule has 1 amide bonds. The highest BCUT2D eigenvalue weighted by Crippen LogP contribution is 2.24. The predicted molar refractivity (Wildman–Crippen MR) is 88.2 cm³/mol. The second kappa shape index (κ2) is 8.30. The van der Waals surface area contributed by atoms with E-state index in [0.29, 0.717) is 0 Å². The summed E-state index contributed by atoms with van der Waals surface area (Å²) in [7, 11) is -1.00. The number of ether oxygens (including phenoxy) is 4. The van der Waals surface area contributed by atoms with E-state index in [1.54, 1.807) is 20.8 Å². The highest BCUT2D eigenvalue weighted by molar-refractivity contribution is 7.89. The highest BCUT2D eigenvalue weighted by Gasteiger charge is 2.40. The van der Waals surface area contributed by atoms with E-state index in [9.17, 15) is 13.2 Å². The molecule has 0 saturated carbocycles. The lowest BCUT2D eigenvalue weighted by molar-refractivity contribution is -0.144. The fraction of sp³-hybridized carbons (Fsp3) is 0.643. The quantitative estimate of drug-likeness (QED) is 0.639. The first-order valence-corrected chi connectivity index (χ1v) is 9.20. The summed E-state index contributed by atoms with van der Waals surface area (Å²) in [5.41, 5.74) is -1.16. The number of rotatable bonds is 9. The number of amides is 1. The molecule has 1 rings (SSSR count). The van der Waals surface area contributed by atoms with Crippen molar-refractivity contribution in [3.05, 3.63) is 6.07 Å². The molecule has 1 aromatic heterocycles. The first kappa shape index (κ1) is 20.9. The van der Waals surface area contributed by atoms with Crippen LogP contribution >= 0.6 is 0 Å². The number of carbonyl (C=O) groups is 1. The van der Waals surface area contributed by atoms with Gasteiger partial charge in [0.05, 0.1) is 26.5 Å². The van der Waals surface area contributed by atoms with E-state index in [0.717, 1.165) is 6.26 Å². The van der Waals surface area contributed by atoms with Gasteiger partial charge < -0.3 is 18.9 Å². The van der Waals surface area contributed by atoms with Crippen LogP contribution in [0.15, 0.2) is 6.07 Å². The van der Waals surface area contributed by atoms with Crippen molar-refractivity contribution in [2.45, 2.75) is 32.5 Å². The van der Waals surface area contributed by atoms with Crippen molar-refractivity contribution < 1.29 is 32.2 Å². The molecule has 11 heteroatoms. The Labute approximate surface area is 146 Å². The van der Waals surface area contributed by atoms with Crippen molar-refractivity contribution in [1.82, 2.24) is 14.7 Å². The summed E-state index contributed by atoms with van der Waals surface area (Å²) in [6.07, 6.45) is -0.486. The Morgan fingerprint density at radius 3 is 2.16 bits per heavy atom. The van der Waals surface area contributed by atoms with E-state index >= 15 is 0 Å². The molecule has 0 spiro atoms. The normalized spacial score (nSPS) is 13.0. The van der Waals surface area contributed by atoms with Gasteiger partial charge in [-0.05, 0) is 20.8 Å². The minimum Gasteiger partial charge on any atom is -0.481 e. The number of carbonyl (C=O) groups excluding carboxylic acids is 1. The van der Waals surface area contributed by atoms with Crippen LogP contribution < -0.4 is 18.9 Å². The first-order valence-electron chi connectivity index (χ1n) is 7.31. The number of sulfonamides is 1. The summed E-state index contributed by atoms with van der Waals surface area (Å²) >= 11 is 0. The summed E-state index contributed by atoms with van der Waals surface area (Å²) < 4.78 is 45.7. The van der Waals surface area contributed by atoms with Crippen molar-refractivity contribution in [1.29, 1.82) is 0 Å². The summed E-state index contributed by atoms with van der Waals surface area (Å²) in [6, 6.07) is 1.20. The van der Waals surface area contributed by atoms with Gasteiger partial charge >= 0.3 is 6.01 Å². The minimum atomic E-state index is -3.79. The Morgan fingerprint density at radius 2 is 1.76 bits per heavy atom. The topological polar surface area (TPSA) is 126 Å². The van der Waals surface area contributed by atoms with Gasteiger partial charge in [0, 0.05) is 6.61 Å². The van der Waals surface area contributed by atoms with Gasteiger partial charge in [0.15, 0.2) is 0 Å². The Balaban J connectivity index is 3.22. The molecule has 0 bridgehead atoms. The molecule has 1 heterocycles. The van der Waals surface area contributed by atoms with Gasteiger partial charge in [0.2, 0.25) is 27.9 Å². The molecule has 25 heavy (non-hydrogen) atoms. The second-order valence-corrected chi connectivity index (χ2v) is 7.26. The summed E-state index contributed by atoms with van der Waals surface area (Å²) in [5.74, 6) is -0.608. The second-order valence-electron chi connectivity index (χ2n) is 5.51. The lowest BCUT2D eigenvalue weighted by Gasteiger charge is -2.32. The zero-order valence-electron chi connectivity index (χ0n) is 15.0. The molecule has 10 nitrogen and oxygen atoms in total. The predicted octanol–water partition coefficient (Wildman–Crippen LogP) is 0.132. The molecule has 0 saturated heterocycles. The van der Waals surface area contributed by atoms with Crippen molar-refractivity contribution >= 4 is 15.9 Å². The molecule has 0 fully saturated rings. The fourth-order valence-corrected chi connectivity index (χ4v) is 2.42. The van der Waals surface area contributed by atoms with Crippen LogP contribution in [-0.4, -0.2) is 63.1 Å². The van der Waals surface area contributed by atoms with E-state index in [1.165, 1.54) is 20.3 Å². The molecule has 0 aliphatic heterocycles. The van der Waals surface area contributed by atoms with Gasteiger partial charge in [-0.2, -0.15) is 9.97 Å². The average molecular weight is 377 g/mol. The Hall–Kier alpha value is -2.14. The summed E-state index contributed by atoms with van der Waals surface area (Å²) in [4.78, 5) is 20.3. The molecule has 0 aliphatic rings. The number of hydrogen-bond acceptors (Lipinski definition) is 9. The van der Waals surface area contributed by atoms with Crippen LogP contribution in [0.3, 0.4) is 0 Å². The number of hydrogen-bond donors (Lipinski definition) is 1. The van der Waals surface area contributed by atoms with Crippen LogP contribution in [0.2, 0.25) is 0 Å². The van der Waals surface area contributed by atoms with E-state index < -0.39 is 27.6 Å². The lowest BCUT2D eigenvalue weighted by atomic mass is 10.0. The van der Waals surface area contributed by atoms with Crippen LogP contribution in [0.25, 0.3) is 0 Å².